The van der Waals surface area contributed by atoms with Crippen molar-refractivity contribution in [1.82, 2.24) is 15.0 Å². The molecule has 1 aromatic carbocycles. The molecule has 0 saturated heterocycles. The fourth-order valence-electron chi connectivity index (χ4n) is 2.28. The van der Waals surface area contributed by atoms with Crippen molar-refractivity contribution in [3.05, 3.63) is 23.8 Å². The molecule has 0 radical (unpaired) electrons. The Hall–Kier alpha value is -2.37. The number of anilines is 1. The van der Waals surface area contributed by atoms with Crippen LogP contribution >= 0.6 is 0 Å². The average molecular weight is 286 g/mol. The molecule has 0 bridgehead atoms. The van der Waals surface area contributed by atoms with Crippen LogP contribution in [0.3, 0.4) is 0 Å². The van der Waals surface area contributed by atoms with E-state index in [4.69, 9.17) is 9.47 Å². The summed E-state index contributed by atoms with van der Waals surface area (Å²) in [5, 5.41) is 3.16. The van der Waals surface area contributed by atoms with Gasteiger partial charge in [-0.15, -0.1) is 0 Å². The summed E-state index contributed by atoms with van der Waals surface area (Å²) in [6.45, 7) is 3.59. The minimum Gasteiger partial charge on any atom is -0.492 e. The van der Waals surface area contributed by atoms with E-state index in [0.29, 0.717) is 24.4 Å². The quantitative estimate of drug-likeness (QED) is 0.909. The molecule has 1 aliphatic rings. The van der Waals surface area contributed by atoms with Gasteiger partial charge in [-0.2, -0.15) is 15.0 Å². The summed E-state index contributed by atoms with van der Waals surface area (Å²) in [5.41, 5.74) is 2.07. The summed E-state index contributed by atoms with van der Waals surface area (Å²) >= 11 is 0. The lowest BCUT2D eigenvalue weighted by Crippen LogP contribution is -2.08. The maximum atomic E-state index is 5.72. The van der Waals surface area contributed by atoms with Crippen LogP contribution in [0.4, 0.5) is 5.95 Å². The predicted octanol–water partition coefficient (Wildman–Crippen LogP) is 2.30. The molecule has 0 amide bonds. The fraction of sp³-hybridized carbons (Fsp3) is 0.400. The highest BCUT2D eigenvalue weighted by atomic mass is 16.5. The van der Waals surface area contributed by atoms with Crippen LogP contribution in [0.5, 0.6) is 11.8 Å². The van der Waals surface area contributed by atoms with E-state index in [1.807, 2.05) is 12.1 Å². The van der Waals surface area contributed by atoms with Crippen molar-refractivity contribution >= 4 is 5.95 Å². The molecule has 2 aromatic rings. The molecule has 1 aromatic heterocycles. The van der Waals surface area contributed by atoms with E-state index < -0.39 is 0 Å². The highest BCUT2D eigenvalue weighted by Gasteiger charge is 2.20. The smallest absolute Gasteiger partial charge is 0.321 e. The predicted molar refractivity (Wildman–Crippen MR) is 79.8 cm³/mol. The van der Waals surface area contributed by atoms with Gasteiger partial charge < -0.3 is 14.8 Å². The second-order valence-corrected chi connectivity index (χ2v) is 4.79. The van der Waals surface area contributed by atoms with E-state index in [9.17, 15) is 0 Å². The molecule has 6 heteroatoms. The van der Waals surface area contributed by atoms with Crippen molar-refractivity contribution < 1.29 is 9.47 Å². The number of nitrogens with zero attached hydrogens (tertiary/aromatic N) is 3. The molecule has 0 fully saturated rings. The van der Waals surface area contributed by atoms with E-state index in [2.05, 4.69) is 33.3 Å². The SMILES string of the molecule is CCCNc1nc(OC)nc(-c2cccc3c2OCC3)n1. The number of para-hydroxylation sites is 1. The zero-order chi connectivity index (χ0) is 14.7. The van der Waals surface area contributed by atoms with E-state index in [0.717, 1.165) is 30.7 Å². The topological polar surface area (TPSA) is 69.2 Å². The summed E-state index contributed by atoms with van der Waals surface area (Å²) < 4.78 is 10.9. The third-order valence-electron chi connectivity index (χ3n) is 3.29. The Morgan fingerprint density at radius 2 is 2.19 bits per heavy atom. The van der Waals surface area contributed by atoms with Crippen molar-refractivity contribution in [1.29, 1.82) is 0 Å². The van der Waals surface area contributed by atoms with Gasteiger partial charge in [0.15, 0.2) is 5.82 Å². The summed E-state index contributed by atoms with van der Waals surface area (Å²) in [7, 11) is 1.55. The van der Waals surface area contributed by atoms with Crippen molar-refractivity contribution in [2.45, 2.75) is 19.8 Å². The first-order valence-corrected chi connectivity index (χ1v) is 7.11. The van der Waals surface area contributed by atoms with E-state index in [1.165, 1.54) is 5.56 Å². The van der Waals surface area contributed by atoms with E-state index in [-0.39, 0.29) is 0 Å². The van der Waals surface area contributed by atoms with Crippen LogP contribution in [0.15, 0.2) is 18.2 Å². The number of benzene rings is 1. The Balaban J connectivity index is 2.03. The number of ether oxygens (including phenoxy) is 2. The maximum absolute atomic E-state index is 5.72. The van der Waals surface area contributed by atoms with Gasteiger partial charge in [-0.05, 0) is 18.1 Å². The third-order valence-corrected chi connectivity index (χ3v) is 3.29. The van der Waals surface area contributed by atoms with Gasteiger partial charge in [0.2, 0.25) is 5.95 Å². The number of hydrogen-bond donors (Lipinski definition) is 1. The Morgan fingerprint density at radius 1 is 1.29 bits per heavy atom. The molecular formula is C15H18N4O2. The number of rotatable bonds is 5. The molecule has 0 aliphatic carbocycles. The largest absolute Gasteiger partial charge is 0.492 e. The molecule has 6 nitrogen and oxygen atoms in total. The minimum atomic E-state index is 0.300. The van der Waals surface area contributed by atoms with Gasteiger partial charge in [0.25, 0.3) is 0 Å². The first kappa shape index (κ1) is 13.6. The minimum absolute atomic E-state index is 0.300. The molecule has 1 N–H and O–H groups in total. The fourth-order valence-corrected chi connectivity index (χ4v) is 2.28. The van der Waals surface area contributed by atoms with Gasteiger partial charge in [0, 0.05) is 13.0 Å². The van der Waals surface area contributed by atoms with Gasteiger partial charge in [0.1, 0.15) is 5.75 Å². The Morgan fingerprint density at radius 3 is 3.00 bits per heavy atom. The van der Waals surface area contributed by atoms with E-state index >= 15 is 0 Å². The molecule has 21 heavy (non-hydrogen) atoms. The lowest BCUT2D eigenvalue weighted by molar-refractivity contribution is 0.357. The van der Waals surface area contributed by atoms with Crippen molar-refractivity contribution in [2.24, 2.45) is 0 Å². The highest BCUT2D eigenvalue weighted by molar-refractivity contribution is 5.68. The molecule has 2 heterocycles. The zero-order valence-corrected chi connectivity index (χ0v) is 12.2. The Labute approximate surface area is 123 Å². The Bertz CT molecular complexity index is 646. The second-order valence-electron chi connectivity index (χ2n) is 4.79. The van der Waals surface area contributed by atoms with Gasteiger partial charge in [-0.3, -0.25) is 0 Å². The summed E-state index contributed by atoms with van der Waals surface area (Å²) in [4.78, 5) is 13.0. The van der Waals surface area contributed by atoms with Gasteiger partial charge in [0.05, 0.1) is 19.3 Å². The van der Waals surface area contributed by atoms with Crippen LogP contribution < -0.4 is 14.8 Å². The van der Waals surface area contributed by atoms with Crippen LogP contribution in [-0.4, -0.2) is 35.2 Å². The molecule has 0 unspecified atom stereocenters. The van der Waals surface area contributed by atoms with Gasteiger partial charge in [-0.25, -0.2) is 0 Å². The number of hydrogen-bond acceptors (Lipinski definition) is 6. The first-order chi connectivity index (χ1) is 10.3. The molecule has 3 rings (SSSR count). The van der Waals surface area contributed by atoms with E-state index in [1.54, 1.807) is 7.11 Å². The normalized spacial score (nSPS) is 12.7. The number of methoxy groups -OCH3 is 1. The lowest BCUT2D eigenvalue weighted by Gasteiger charge is -2.10. The van der Waals surface area contributed by atoms with Crippen LogP contribution in [0.25, 0.3) is 11.4 Å². The van der Waals surface area contributed by atoms with Crippen LogP contribution in [-0.2, 0) is 6.42 Å². The molecule has 0 atom stereocenters. The van der Waals surface area contributed by atoms with Crippen LogP contribution in [0, 0.1) is 0 Å². The Kier molecular flexibility index (Phi) is 3.85. The number of fused-ring (bicyclic) bond motifs is 1. The highest BCUT2D eigenvalue weighted by Crippen LogP contribution is 2.35. The third kappa shape index (κ3) is 2.74. The maximum Gasteiger partial charge on any atom is 0.321 e. The van der Waals surface area contributed by atoms with Gasteiger partial charge in [-0.1, -0.05) is 19.1 Å². The number of aromatic nitrogens is 3. The zero-order valence-electron chi connectivity index (χ0n) is 12.2. The molecule has 1 aliphatic heterocycles. The number of nitrogens with one attached hydrogen (secondary N) is 1. The molecular weight excluding hydrogens is 268 g/mol. The molecule has 0 spiro atoms. The second kappa shape index (κ2) is 5.95. The molecule has 0 saturated carbocycles. The van der Waals surface area contributed by atoms with Gasteiger partial charge >= 0.3 is 6.01 Å². The van der Waals surface area contributed by atoms with Crippen LogP contribution in [0.1, 0.15) is 18.9 Å². The summed E-state index contributed by atoms with van der Waals surface area (Å²) in [5.74, 6) is 1.96. The van der Waals surface area contributed by atoms with Crippen LogP contribution in [0.2, 0.25) is 0 Å². The monoisotopic (exact) mass is 286 g/mol. The van der Waals surface area contributed by atoms with Crippen molar-refractivity contribution in [3.63, 3.8) is 0 Å². The summed E-state index contributed by atoms with van der Waals surface area (Å²) in [6, 6.07) is 6.33. The van der Waals surface area contributed by atoms with Crippen molar-refractivity contribution in [3.8, 4) is 23.1 Å². The summed E-state index contributed by atoms with van der Waals surface area (Å²) in [6.07, 6.45) is 1.92. The standard InChI is InChI=1S/C15H18N4O2/c1-3-8-16-14-17-13(18-15(19-14)20-2)11-6-4-5-10-7-9-21-12(10)11/h4-6H,3,7-9H2,1-2H3,(H,16,17,18,19). The van der Waals surface area contributed by atoms with Crippen molar-refractivity contribution in [2.75, 3.05) is 25.6 Å². The molecule has 110 valence electrons. The average Bonchev–Trinajstić information content (AvgIpc) is 3.01. The first-order valence-electron chi connectivity index (χ1n) is 7.11. The lowest BCUT2D eigenvalue weighted by atomic mass is 10.1.